The number of hydrogen-bond acceptors (Lipinski definition) is 1. The van der Waals surface area contributed by atoms with Gasteiger partial charge in [-0.1, -0.05) is 47.5 Å². The number of halogens is 2. The van der Waals surface area contributed by atoms with Gasteiger partial charge in [-0.25, -0.2) is 0 Å². The highest BCUT2D eigenvalue weighted by Crippen LogP contribution is 2.26. The van der Waals surface area contributed by atoms with Crippen LogP contribution in [0.4, 0.5) is 0 Å². The molecule has 0 radical (unpaired) electrons. The van der Waals surface area contributed by atoms with Crippen LogP contribution in [0.1, 0.15) is 28.9 Å². The van der Waals surface area contributed by atoms with E-state index in [0.717, 1.165) is 5.56 Å². The van der Waals surface area contributed by atoms with Gasteiger partial charge in [-0.05, 0) is 36.8 Å². The summed E-state index contributed by atoms with van der Waals surface area (Å²) in [4.78, 5) is 12.0. The Bertz CT molecular complexity index is 584. The van der Waals surface area contributed by atoms with Crippen molar-refractivity contribution in [2.24, 2.45) is 0 Å². The van der Waals surface area contributed by atoms with Gasteiger partial charge in [-0.15, -0.1) is 0 Å². The largest absolute Gasteiger partial charge is 0.345 e. The molecular weight excluding hydrogens is 281 g/mol. The number of rotatable bonds is 3. The van der Waals surface area contributed by atoms with Gasteiger partial charge in [0, 0.05) is 15.6 Å². The third kappa shape index (κ3) is 3.49. The lowest BCUT2D eigenvalue weighted by Gasteiger charge is -2.16. The van der Waals surface area contributed by atoms with E-state index in [-0.39, 0.29) is 11.9 Å². The van der Waals surface area contributed by atoms with Crippen LogP contribution >= 0.6 is 23.2 Å². The smallest absolute Gasteiger partial charge is 0.251 e. The first-order chi connectivity index (χ1) is 9.08. The molecule has 98 valence electrons. The molecule has 2 aromatic rings. The Morgan fingerprint density at radius 1 is 1.11 bits per heavy atom. The van der Waals surface area contributed by atoms with Crippen molar-refractivity contribution in [2.45, 2.75) is 13.0 Å². The highest BCUT2D eigenvalue weighted by molar-refractivity contribution is 6.35. The van der Waals surface area contributed by atoms with Gasteiger partial charge in [0.25, 0.3) is 5.91 Å². The molecule has 0 unspecified atom stereocenters. The van der Waals surface area contributed by atoms with Gasteiger partial charge in [0.2, 0.25) is 0 Å². The van der Waals surface area contributed by atoms with Crippen LogP contribution in [0.2, 0.25) is 10.0 Å². The molecule has 1 amide bonds. The monoisotopic (exact) mass is 293 g/mol. The molecule has 4 heteroatoms. The van der Waals surface area contributed by atoms with E-state index in [2.05, 4.69) is 5.32 Å². The minimum Gasteiger partial charge on any atom is -0.345 e. The molecule has 0 aromatic heterocycles. The van der Waals surface area contributed by atoms with Gasteiger partial charge in [0.05, 0.1) is 6.04 Å². The minimum absolute atomic E-state index is 0.126. The Kier molecular flexibility index (Phi) is 4.46. The standard InChI is InChI=1S/C15H13Cl2NO/c1-10(13-8-7-12(16)9-14(13)17)18-15(19)11-5-3-2-4-6-11/h2-10H,1H3,(H,18,19)/t10-/m1/s1. The predicted octanol–water partition coefficient (Wildman–Crippen LogP) is 4.48. The van der Waals surface area contributed by atoms with Crippen LogP contribution in [0, 0.1) is 0 Å². The van der Waals surface area contributed by atoms with Crippen LogP contribution in [0.15, 0.2) is 48.5 Å². The average Bonchev–Trinajstić information content (AvgIpc) is 2.39. The van der Waals surface area contributed by atoms with Gasteiger partial charge < -0.3 is 5.32 Å². The normalized spacial score (nSPS) is 11.9. The Morgan fingerprint density at radius 2 is 1.79 bits per heavy atom. The first kappa shape index (κ1) is 13.9. The molecule has 0 saturated carbocycles. The van der Waals surface area contributed by atoms with Crippen LogP contribution in [0.5, 0.6) is 0 Å². The molecule has 19 heavy (non-hydrogen) atoms. The van der Waals surface area contributed by atoms with Crippen LogP contribution < -0.4 is 5.32 Å². The summed E-state index contributed by atoms with van der Waals surface area (Å²) in [6.45, 7) is 1.88. The molecule has 2 aromatic carbocycles. The molecule has 0 aliphatic rings. The molecular formula is C15H13Cl2NO. The lowest BCUT2D eigenvalue weighted by molar-refractivity contribution is 0.0940. The second-order valence-electron chi connectivity index (χ2n) is 4.23. The van der Waals surface area contributed by atoms with Gasteiger partial charge in [-0.2, -0.15) is 0 Å². The van der Waals surface area contributed by atoms with E-state index in [1.807, 2.05) is 31.2 Å². The van der Waals surface area contributed by atoms with Crippen LogP contribution in [0.25, 0.3) is 0 Å². The zero-order chi connectivity index (χ0) is 13.8. The van der Waals surface area contributed by atoms with Crippen molar-refractivity contribution in [3.63, 3.8) is 0 Å². The Balaban J connectivity index is 2.13. The number of amides is 1. The summed E-state index contributed by atoms with van der Waals surface area (Å²) in [6.07, 6.45) is 0. The SMILES string of the molecule is C[C@@H](NC(=O)c1ccccc1)c1ccc(Cl)cc1Cl. The second-order valence-corrected chi connectivity index (χ2v) is 5.07. The Morgan fingerprint density at radius 3 is 2.42 bits per heavy atom. The third-order valence-corrected chi connectivity index (χ3v) is 3.38. The number of carbonyl (C=O) groups excluding carboxylic acids is 1. The molecule has 2 rings (SSSR count). The van der Waals surface area contributed by atoms with Gasteiger partial charge in [0.15, 0.2) is 0 Å². The van der Waals surface area contributed by atoms with Crippen molar-refractivity contribution < 1.29 is 4.79 Å². The second kappa shape index (κ2) is 6.09. The number of hydrogen-bond donors (Lipinski definition) is 1. The molecule has 0 spiro atoms. The number of benzene rings is 2. The molecule has 0 aliphatic carbocycles. The van der Waals surface area contributed by atoms with E-state index < -0.39 is 0 Å². The molecule has 1 N–H and O–H groups in total. The van der Waals surface area contributed by atoms with Gasteiger partial charge >= 0.3 is 0 Å². The zero-order valence-electron chi connectivity index (χ0n) is 10.4. The molecule has 0 fully saturated rings. The zero-order valence-corrected chi connectivity index (χ0v) is 11.9. The maximum absolute atomic E-state index is 12.0. The quantitative estimate of drug-likeness (QED) is 0.888. The van der Waals surface area contributed by atoms with E-state index >= 15 is 0 Å². The van der Waals surface area contributed by atoms with E-state index in [9.17, 15) is 4.79 Å². The van der Waals surface area contributed by atoms with Gasteiger partial charge in [0.1, 0.15) is 0 Å². The molecule has 0 bridgehead atoms. The van der Waals surface area contributed by atoms with E-state index in [1.165, 1.54) is 0 Å². The highest BCUT2D eigenvalue weighted by Gasteiger charge is 2.13. The van der Waals surface area contributed by atoms with Crippen molar-refractivity contribution in [3.05, 3.63) is 69.7 Å². The summed E-state index contributed by atoms with van der Waals surface area (Å²) in [5, 5.41) is 4.03. The summed E-state index contributed by atoms with van der Waals surface area (Å²) < 4.78 is 0. The summed E-state index contributed by atoms with van der Waals surface area (Å²) in [5.74, 6) is -0.126. The lowest BCUT2D eigenvalue weighted by atomic mass is 10.1. The molecule has 2 nitrogen and oxygen atoms in total. The Hall–Kier alpha value is -1.51. The first-order valence-corrected chi connectivity index (χ1v) is 6.64. The number of carbonyl (C=O) groups is 1. The predicted molar refractivity (Wildman–Crippen MR) is 78.8 cm³/mol. The molecule has 1 atom stereocenters. The van der Waals surface area contributed by atoms with Crippen molar-refractivity contribution in [2.75, 3.05) is 0 Å². The lowest BCUT2D eigenvalue weighted by Crippen LogP contribution is -2.26. The fraction of sp³-hybridized carbons (Fsp3) is 0.133. The fourth-order valence-electron chi connectivity index (χ4n) is 1.80. The highest BCUT2D eigenvalue weighted by atomic mass is 35.5. The van der Waals surface area contributed by atoms with E-state index in [4.69, 9.17) is 23.2 Å². The van der Waals surface area contributed by atoms with E-state index in [1.54, 1.807) is 24.3 Å². The Labute approximate surface area is 122 Å². The van der Waals surface area contributed by atoms with Crippen LogP contribution in [-0.4, -0.2) is 5.91 Å². The van der Waals surface area contributed by atoms with E-state index in [0.29, 0.717) is 15.6 Å². The summed E-state index contributed by atoms with van der Waals surface area (Å²) in [7, 11) is 0. The van der Waals surface area contributed by atoms with Crippen molar-refractivity contribution >= 4 is 29.1 Å². The molecule has 0 aliphatic heterocycles. The molecule has 0 saturated heterocycles. The average molecular weight is 294 g/mol. The topological polar surface area (TPSA) is 29.1 Å². The van der Waals surface area contributed by atoms with Crippen molar-refractivity contribution in [1.82, 2.24) is 5.32 Å². The number of nitrogens with one attached hydrogen (secondary N) is 1. The van der Waals surface area contributed by atoms with Gasteiger partial charge in [-0.3, -0.25) is 4.79 Å². The minimum atomic E-state index is -0.183. The third-order valence-electron chi connectivity index (χ3n) is 2.81. The summed E-state index contributed by atoms with van der Waals surface area (Å²) >= 11 is 12.0. The van der Waals surface area contributed by atoms with Crippen molar-refractivity contribution in [1.29, 1.82) is 0 Å². The fourth-order valence-corrected chi connectivity index (χ4v) is 2.37. The maximum atomic E-state index is 12.0. The first-order valence-electron chi connectivity index (χ1n) is 5.89. The summed E-state index contributed by atoms with van der Waals surface area (Å²) in [5.41, 5.74) is 1.47. The summed E-state index contributed by atoms with van der Waals surface area (Å²) in [6, 6.07) is 14.1. The van der Waals surface area contributed by atoms with Crippen molar-refractivity contribution in [3.8, 4) is 0 Å². The maximum Gasteiger partial charge on any atom is 0.251 e. The molecule has 0 heterocycles. The van der Waals surface area contributed by atoms with Crippen LogP contribution in [-0.2, 0) is 0 Å². The van der Waals surface area contributed by atoms with Crippen LogP contribution in [0.3, 0.4) is 0 Å².